The van der Waals surface area contributed by atoms with E-state index < -0.39 is 22.0 Å². The van der Waals surface area contributed by atoms with Crippen LogP contribution in [-0.2, 0) is 55.3 Å². The van der Waals surface area contributed by atoms with Crippen molar-refractivity contribution in [2.75, 3.05) is 0 Å². The monoisotopic (exact) mass is 220 g/mol. The van der Waals surface area contributed by atoms with Gasteiger partial charge in [0, 0.05) is 22.0 Å². The van der Waals surface area contributed by atoms with Gasteiger partial charge >= 0.3 is 16.5 Å². The summed E-state index contributed by atoms with van der Waals surface area (Å²) in [7, 11) is -5.72. The molecule has 9 heteroatoms. The van der Waals surface area contributed by atoms with Crippen LogP contribution in [0, 0.1) is 0 Å². The van der Waals surface area contributed by atoms with Crippen molar-refractivity contribution < 1.29 is 42.4 Å². The first-order chi connectivity index (χ1) is 3.46. The van der Waals surface area contributed by atoms with E-state index in [1.54, 1.807) is 0 Å². The van der Waals surface area contributed by atoms with Crippen molar-refractivity contribution in [1.29, 1.82) is 0 Å². The minimum absolute atomic E-state index is 0. The molecule has 0 bridgehead atoms. The molecule has 0 saturated heterocycles. The van der Waals surface area contributed by atoms with Crippen molar-refractivity contribution in [2.24, 2.45) is 0 Å². The molecule has 0 aromatic carbocycles. The maximum absolute atomic E-state index is 8.56. The van der Waals surface area contributed by atoms with E-state index in [1.807, 2.05) is 0 Å². The molecule has 6 nitrogen and oxygen atoms in total. The van der Waals surface area contributed by atoms with Crippen molar-refractivity contribution in [3.63, 3.8) is 0 Å². The van der Waals surface area contributed by atoms with E-state index in [4.69, 9.17) is 25.9 Å². The Bertz CT molecular complexity index is 128. The van der Waals surface area contributed by atoms with Crippen molar-refractivity contribution >= 4 is 22.0 Å². The van der Waals surface area contributed by atoms with Crippen LogP contribution in [0.25, 0.3) is 0 Å². The fraction of sp³-hybridized carbons (Fsp3) is 0. The van der Waals surface area contributed by atoms with E-state index >= 15 is 0 Å². The summed E-state index contributed by atoms with van der Waals surface area (Å²) in [4.78, 5) is 0. The molecule has 9 heavy (non-hydrogen) atoms. The summed E-state index contributed by atoms with van der Waals surface area (Å²) in [6.45, 7) is 0. The Balaban J connectivity index is -0.0000000720. The van der Waals surface area contributed by atoms with Crippen LogP contribution >= 0.6 is 0 Å². The average molecular weight is 221 g/mol. The molecule has 0 rings (SSSR count). The first-order valence-electron chi connectivity index (χ1n) is 1.03. The van der Waals surface area contributed by atoms with Gasteiger partial charge < -0.3 is 25.9 Å². The maximum atomic E-state index is 8.56. The van der Waals surface area contributed by atoms with E-state index in [0.29, 0.717) is 0 Å². The van der Waals surface area contributed by atoms with Crippen LogP contribution in [-0.4, -0.2) is 9.11 Å². The third kappa shape index (κ3) is 3370. The minimum atomic E-state index is -2.86. The maximum Gasteiger partial charge on any atom is 2.00 e. The second-order valence-corrected chi connectivity index (χ2v) is 1.30. The molecule has 0 aliphatic rings. The fourth-order valence-electron chi connectivity index (χ4n) is 0. The molecule has 0 aromatic heterocycles. The molecule has 0 radical (unpaired) electrons. The van der Waals surface area contributed by atoms with Crippen LogP contribution in [0.3, 0.4) is 0 Å². The summed E-state index contributed by atoms with van der Waals surface area (Å²) < 4.78 is 48.2. The predicted octanol–water partition coefficient (Wildman–Crippen LogP) is -0.465. The van der Waals surface area contributed by atoms with Gasteiger partial charge in [-0.2, -0.15) is 0 Å². The first kappa shape index (κ1) is 16.1. The van der Waals surface area contributed by atoms with E-state index in [1.165, 1.54) is 0 Å². The van der Waals surface area contributed by atoms with Crippen LogP contribution in [0.4, 0.5) is 0 Å². The van der Waals surface area contributed by atoms with Gasteiger partial charge in [-0.25, -0.2) is 0 Å². The van der Waals surface area contributed by atoms with Crippen molar-refractivity contribution in [2.45, 2.75) is 0 Å². The van der Waals surface area contributed by atoms with E-state index in [0.717, 1.165) is 0 Å². The smallest absolute Gasteiger partial charge is 0.439 e. The zero-order valence-corrected chi connectivity index (χ0v) is 6.28. The topological polar surface area (TPSA) is 109 Å². The fourth-order valence-corrected chi connectivity index (χ4v) is 0. The van der Waals surface area contributed by atoms with Crippen LogP contribution in [0.1, 0.15) is 0 Å². The molecule has 0 spiro atoms. The largest absolute Gasteiger partial charge is 2.00 e. The van der Waals surface area contributed by atoms with Crippen LogP contribution in [0.5, 0.6) is 0 Å². The van der Waals surface area contributed by atoms with Gasteiger partial charge in [-0.15, -0.1) is 0 Å². The number of hydrogen-bond acceptors (Lipinski definition) is 6. The normalized spacial score (nSPS) is 7.56. The molecule has 0 atom stereocenters. The molecule has 0 unspecified atom stereocenters. The van der Waals surface area contributed by atoms with Crippen molar-refractivity contribution in [3.8, 4) is 0 Å². The van der Waals surface area contributed by atoms with Gasteiger partial charge in [0.25, 0.3) is 0 Å². The molecular formula is H2NiO6S2. The van der Waals surface area contributed by atoms with E-state index in [9.17, 15) is 0 Å². The minimum Gasteiger partial charge on any atom is -0.439 e. The van der Waals surface area contributed by atoms with Crippen molar-refractivity contribution in [3.05, 3.63) is 0 Å². The zero-order valence-electron chi connectivity index (χ0n) is 3.66. The standard InChI is InChI=1S/Ni.2HO3S/c;2*1-4(2)3/h;2*(H,1,2,3)/q+2;2*-1. The third-order valence-corrected chi connectivity index (χ3v) is 0. The summed E-state index contributed by atoms with van der Waals surface area (Å²) in [5.41, 5.74) is 0. The Morgan fingerprint density at radius 3 is 0.778 bits per heavy atom. The van der Waals surface area contributed by atoms with Crippen molar-refractivity contribution in [1.82, 2.24) is 0 Å². The van der Waals surface area contributed by atoms with Gasteiger partial charge in [0.1, 0.15) is 0 Å². The number of hydrogen-bond donors (Lipinski definition) is 2. The molecule has 0 heterocycles. The van der Waals surface area contributed by atoms with Crippen LogP contribution < -0.4 is 0 Å². The van der Waals surface area contributed by atoms with Crippen LogP contribution in [0.2, 0.25) is 0 Å². The Morgan fingerprint density at radius 2 is 0.778 bits per heavy atom. The summed E-state index contributed by atoms with van der Waals surface area (Å²) >= 11 is 0. The third-order valence-electron chi connectivity index (χ3n) is 0. The quantitative estimate of drug-likeness (QED) is 0.247. The molecule has 0 aromatic rings. The second-order valence-electron chi connectivity index (χ2n) is 0.434. The Labute approximate surface area is 64.7 Å². The predicted molar refractivity (Wildman–Crippen MR) is 22.7 cm³/mol. The van der Waals surface area contributed by atoms with Gasteiger partial charge in [-0.05, 0) is 0 Å². The van der Waals surface area contributed by atoms with Crippen LogP contribution in [0.15, 0.2) is 0 Å². The molecule has 0 saturated carbocycles. The Kier molecular flexibility index (Phi) is 20.0. The Morgan fingerprint density at radius 1 is 0.778 bits per heavy atom. The van der Waals surface area contributed by atoms with Gasteiger partial charge in [-0.1, -0.05) is 0 Å². The zero-order chi connectivity index (χ0) is 7.15. The van der Waals surface area contributed by atoms with Gasteiger partial charge in [0.15, 0.2) is 0 Å². The first-order valence-corrected chi connectivity index (χ1v) is 3.10. The summed E-state index contributed by atoms with van der Waals surface area (Å²) in [5.74, 6) is 0. The average Bonchev–Trinajstić information content (AvgIpc) is 1.25. The Hall–Kier alpha value is 0.314. The molecule has 0 fully saturated rings. The molecule has 0 aliphatic heterocycles. The van der Waals surface area contributed by atoms with Gasteiger partial charge in [-0.3, -0.25) is 0 Å². The van der Waals surface area contributed by atoms with E-state index in [-0.39, 0.29) is 16.5 Å². The molecule has 60 valence electrons. The second kappa shape index (κ2) is 11.2. The summed E-state index contributed by atoms with van der Waals surface area (Å²) in [5, 5.41) is 0. The van der Waals surface area contributed by atoms with Gasteiger partial charge in [0.2, 0.25) is 0 Å². The molecule has 2 N–H and O–H groups in total. The molecular weight excluding hydrogens is 219 g/mol. The molecule has 0 amide bonds. The van der Waals surface area contributed by atoms with E-state index in [2.05, 4.69) is 0 Å². The number of rotatable bonds is 0. The molecule has 0 aliphatic carbocycles. The summed E-state index contributed by atoms with van der Waals surface area (Å²) in [6, 6.07) is 0. The van der Waals surface area contributed by atoms with Gasteiger partial charge in [0.05, 0.1) is 0 Å². The SMILES string of the molecule is O=[S-](=O)O.O=[S-](=O)O.[Ni+2]. The summed E-state index contributed by atoms with van der Waals surface area (Å²) in [6.07, 6.45) is 0.